The maximum Gasteiger partial charge on any atom is 0.232 e. The molecule has 20 heavy (non-hydrogen) atoms. The van der Waals surface area contributed by atoms with E-state index in [2.05, 4.69) is 35.9 Å². The van der Waals surface area contributed by atoms with Crippen molar-refractivity contribution in [1.29, 1.82) is 0 Å². The summed E-state index contributed by atoms with van der Waals surface area (Å²) in [6.45, 7) is 4.32. The van der Waals surface area contributed by atoms with Crippen molar-refractivity contribution >= 4 is 33.2 Å². The molecule has 3 nitrogen and oxygen atoms in total. The van der Waals surface area contributed by atoms with Gasteiger partial charge in [-0.25, -0.2) is 4.98 Å². The first-order chi connectivity index (χ1) is 9.63. The Bertz CT molecular complexity index is 737. The van der Waals surface area contributed by atoms with Gasteiger partial charge in [0.25, 0.3) is 0 Å². The second kappa shape index (κ2) is 5.38. The molecule has 0 fully saturated rings. The van der Waals surface area contributed by atoms with E-state index >= 15 is 0 Å². The van der Waals surface area contributed by atoms with Gasteiger partial charge in [-0.3, -0.25) is 0 Å². The van der Waals surface area contributed by atoms with Crippen molar-refractivity contribution in [2.24, 2.45) is 0 Å². The Kier molecular flexibility index (Phi) is 3.59. The van der Waals surface area contributed by atoms with Gasteiger partial charge in [-0.05, 0) is 46.7 Å². The number of aromatic nitrogens is 2. The average Bonchev–Trinajstić information content (AvgIpc) is 2.87. The minimum absolute atomic E-state index is 0.203. The van der Waals surface area contributed by atoms with E-state index in [1.807, 2.05) is 23.6 Å². The topological polar surface area (TPSA) is 35.0 Å². The van der Waals surface area contributed by atoms with Crippen molar-refractivity contribution in [3.8, 4) is 11.6 Å². The van der Waals surface area contributed by atoms with Crippen molar-refractivity contribution in [1.82, 2.24) is 9.97 Å². The van der Waals surface area contributed by atoms with Crippen LogP contribution in [0.2, 0.25) is 5.28 Å². The van der Waals surface area contributed by atoms with E-state index in [4.69, 9.17) is 16.3 Å². The summed E-state index contributed by atoms with van der Waals surface area (Å²) in [5.74, 6) is 1.75. The lowest BCUT2D eigenvalue weighted by atomic mass is 10.0. The lowest BCUT2D eigenvalue weighted by Gasteiger charge is -2.08. The number of halogens is 1. The smallest absolute Gasteiger partial charge is 0.232 e. The lowest BCUT2D eigenvalue weighted by molar-refractivity contribution is 0.468. The zero-order valence-electron chi connectivity index (χ0n) is 11.1. The summed E-state index contributed by atoms with van der Waals surface area (Å²) in [4.78, 5) is 9.17. The van der Waals surface area contributed by atoms with Crippen LogP contribution in [0.3, 0.4) is 0 Å². The molecule has 0 saturated carbocycles. The largest absolute Gasteiger partial charge is 0.438 e. The van der Waals surface area contributed by atoms with E-state index < -0.39 is 0 Å². The molecule has 0 aliphatic carbocycles. The Balaban J connectivity index is 1.94. The molecule has 0 unspecified atom stereocenters. The van der Waals surface area contributed by atoms with Crippen molar-refractivity contribution in [2.75, 3.05) is 0 Å². The molecule has 0 amide bonds. The highest BCUT2D eigenvalue weighted by molar-refractivity contribution is 7.16. The van der Waals surface area contributed by atoms with E-state index in [9.17, 15) is 0 Å². The van der Waals surface area contributed by atoms with Crippen LogP contribution >= 0.6 is 22.9 Å². The molecule has 3 rings (SSSR count). The normalized spacial score (nSPS) is 11.2. The summed E-state index contributed by atoms with van der Waals surface area (Å²) in [5.41, 5.74) is 1.28. The molecule has 0 aliphatic rings. The first-order valence-electron chi connectivity index (χ1n) is 6.32. The van der Waals surface area contributed by atoms with E-state index in [-0.39, 0.29) is 5.28 Å². The van der Waals surface area contributed by atoms with Gasteiger partial charge in [0.15, 0.2) is 0 Å². The van der Waals surface area contributed by atoms with Gasteiger partial charge in [-0.15, -0.1) is 11.3 Å². The first kappa shape index (κ1) is 13.3. The maximum absolute atomic E-state index is 5.92. The van der Waals surface area contributed by atoms with Crippen LogP contribution in [0.5, 0.6) is 11.6 Å². The third kappa shape index (κ3) is 2.62. The van der Waals surface area contributed by atoms with Crippen LogP contribution in [-0.4, -0.2) is 9.97 Å². The van der Waals surface area contributed by atoms with Gasteiger partial charge in [0.2, 0.25) is 11.2 Å². The molecular weight excluding hydrogens is 292 g/mol. The predicted octanol–water partition coefficient (Wildman–Crippen LogP) is 5.26. The molecule has 0 bridgehead atoms. The van der Waals surface area contributed by atoms with Gasteiger partial charge in [-0.1, -0.05) is 26.0 Å². The zero-order valence-corrected chi connectivity index (χ0v) is 12.7. The van der Waals surface area contributed by atoms with Crippen LogP contribution in [-0.2, 0) is 0 Å². The number of benzene rings is 1. The maximum atomic E-state index is 5.92. The van der Waals surface area contributed by atoms with Crippen LogP contribution in [0.4, 0.5) is 0 Å². The van der Waals surface area contributed by atoms with E-state index in [1.165, 1.54) is 16.9 Å². The summed E-state index contributed by atoms with van der Waals surface area (Å²) < 4.78 is 5.84. The van der Waals surface area contributed by atoms with Crippen molar-refractivity contribution in [3.63, 3.8) is 0 Å². The van der Waals surface area contributed by atoms with E-state index in [1.54, 1.807) is 0 Å². The van der Waals surface area contributed by atoms with Crippen molar-refractivity contribution in [3.05, 3.63) is 46.6 Å². The van der Waals surface area contributed by atoms with E-state index in [0.29, 0.717) is 11.8 Å². The van der Waals surface area contributed by atoms with Crippen molar-refractivity contribution in [2.45, 2.75) is 19.8 Å². The number of hydrogen-bond donors (Lipinski definition) is 0. The number of ether oxygens (including phenoxy) is 1. The van der Waals surface area contributed by atoms with Gasteiger partial charge in [-0.2, -0.15) is 4.98 Å². The highest BCUT2D eigenvalue weighted by Gasteiger charge is 2.10. The highest BCUT2D eigenvalue weighted by Crippen LogP contribution is 2.31. The molecule has 5 heteroatoms. The monoisotopic (exact) mass is 304 g/mol. The van der Waals surface area contributed by atoms with Gasteiger partial charge in [0.05, 0.1) is 5.39 Å². The predicted molar refractivity (Wildman–Crippen MR) is 83.0 cm³/mol. The number of hydrogen-bond acceptors (Lipinski definition) is 4. The first-order valence-corrected chi connectivity index (χ1v) is 7.58. The summed E-state index contributed by atoms with van der Waals surface area (Å²) in [6.07, 6.45) is 0. The van der Waals surface area contributed by atoms with Gasteiger partial charge >= 0.3 is 0 Å². The highest BCUT2D eigenvalue weighted by atomic mass is 35.5. The Morgan fingerprint density at radius 2 is 1.85 bits per heavy atom. The van der Waals surface area contributed by atoms with Gasteiger partial charge in [0.1, 0.15) is 10.6 Å². The average molecular weight is 305 g/mol. The SMILES string of the molecule is CC(C)c1ccc(Oc2nc(Cl)nc3sccc23)cc1. The molecule has 102 valence electrons. The second-order valence-electron chi connectivity index (χ2n) is 4.76. The molecule has 0 radical (unpaired) electrons. The molecule has 0 saturated heterocycles. The van der Waals surface area contributed by atoms with Crippen LogP contribution in [0.25, 0.3) is 10.2 Å². The van der Waals surface area contributed by atoms with Crippen LogP contribution in [0, 0.1) is 0 Å². The molecule has 0 N–H and O–H groups in total. The number of rotatable bonds is 3. The van der Waals surface area contributed by atoms with Crippen molar-refractivity contribution < 1.29 is 4.74 Å². The third-order valence-corrected chi connectivity index (χ3v) is 4.00. The fraction of sp³-hybridized carbons (Fsp3) is 0.200. The Labute approximate surface area is 126 Å². The summed E-state index contributed by atoms with van der Waals surface area (Å²) >= 11 is 7.44. The fourth-order valence-corrected chi connectivity index (χ4v) is 2.88. The molecule has 0 aliphatic heterocycles. The fourth-order valence-electron chi connectivity index (χ4n) is 1.91. The molecule has 2 aromatic heterocycles. The number of fused-ring (bicyclic) bond motifs is 1. The van der Waals surface area contributed by atoms with Gasteiger partial charge in [0, 0.05) is 0 Å². The Hall–Kier alpha value is -1.65. The summed E-state index contributed by atoms with van der Waals surface area (Å²) in [5, 5.41) is 3.03. The molecule has 1 aromatic carbocycles. The molecule has 0 atom stereocenters. The number of nitrogens with zero attached hydrogens (tertiary/aromatic N) is 2. The minimum Gasteiger partial charge on any atom is -0.438 e. The molecule has 3 aromatic rings. The van der Waals surface area contributed by atoms with Crippen LogP contribution in [0.1, 0.15) is 25.3 Å². The van der Waals surface area contributed by atoms with Gasteiger partial charge < -0.3 is 4.74 Å². The summed E-state index contributed by atoms with van der Waals surface area (Å²) in [6, 6.07) is 9.96. The number of thiophene rings is 1. The van der Waals surface area contributed by atoms with E-state index in [0.717, 1.165) is 16.0 Å². The Morgan fingerprint density at radius 1 is 1.10 bits per heavy atom. The lowest BCUT2D eigenvalue weighted by Crippen LogP contribution is -1.92. The minimum atomic E-state index is 0.203. The molecule has 2 heterocycles. The molecule has 0 spiro atoms. The van der Waals surface area contributed by atoms with Crippen LogP contribution < -0.4 is 4.74 Å². The summed E-state index contributed by atoms with van der Waals surface area (Å²) in [7, 11) is 0. The zero-order chi connectivity index (χ0) is 14.1. The molecular formula is C15H13ClN2OS. The third-order valence-electron chi connectivity index (χ3n) is 3.02. The second-order valence-corrected chi connectivity index (χ2v) is 6.00. The standard InChI is InChI=1S/C15H13ClN2OS/c1-9(2)10-3-5-11(6-4-10)19-13-12-7-8-20-14(12)18-15(16)17-13/h3-9H,1-2H3. The van der Waals surface area contributed by atoms with Crippen LogP contribution in [0.15, 0.2) is 35.7 Å². The quantitative estimate of drug-likeness (QED) is 0.619. The Morgan fingerprint density at radius 3 is 2.55 bits per heavy atom.